The van der Waals surface area contributed by atoms with Gasteiger partial charge in [0, 0.05) is 7.11 Å². The molecule has 0 aromatic heterocycles. The molecule has 0 aliphatic rings. The molecule has 19 heavy (non-hydrogen) atoms. The average molecular weight is 276 g/mol. The number of halogens is 3. The van der Waals surface area contributed by atoms with E-state index in [0.717, 1.165) is 17.7 Å². The fraction of sp³-hybridized carbons (Fsp3) is 0.538. The number of hydrogen-bond acceptors (Lipinski definition) is 3. The number of nitrogens with two attached hydrogens (primary N) is 1. The van der Waals surface area contributed by atoms with Crippen LogP contribution in [-0.4, -0.2) is 18.8 Å². The van der Waals surface area contributed by atoms with Gasteiger partial charge in [-0.1, -0.05) is 12.1 Å². The molecule has 0 radical (unpaired) electrons. The van der Waals surface area contributed by atoms with Gasteiger partial charge in [0.1, 0.15) is 0 Å². The molecule has 0 spiro atoms. The van der Waals surface area contributed by atoms with E-state index in [1.165, 1.54) is 12.1 Å². The Morgan fingerprint density at radius 2 is 1.74 bits per heavy atom. The van der Waals surface area contributed by atoms with Crippen molar-refractivity contribution in [3.8, 4) is 0 Å². The highest BCUT2D eigenvalue weighted by Crippen LogP contribution is 2.29. The molecule has 6 heteroatoms. The Kier molecular flexibility index (Phi) is 4.95. The molecular weight excluding hydrogens is 257 g/mol. The van der Waals surface area contributed by atoms with Gasteiger partial charge in [-0.15, -0.1) is 0 Å². The molecular formula is C13H19F3N2O. The molecule has 0 fully saturated rings. The van der Waals surface area contributed by atoms with Gasteiger partial charge in [-0.2, -0.15) is 13.2 Å². The molecule has 3 nitrogen and oxygen atoms in total. The quantitative estimate of drug-likeness (QED) is 0.641. The molecule has 3 N–H and O–H groups in total. The molecule has 0 saturated heterocycles. The molecule has 1 rings (SSSR count). The molecule has 0 aliphatic heterocycles. The largest absolute Gasteiger partial charge is 0.416 e. The van der Waals surface area contributed by atoms with E-state index in [2.05, 4.69) is 5.43 Å². The number of nitrogens with one attached hydrogen (secondary N) is 1. The number of alkyl halides is 3. The predicted octanol–water partition coefficient (Wildman–Crippen LogP) is 2.50. The summed E-state index contributed by atoms with van der Waals surface area (Å²) in [6.07, 6.45) is -3.83. The van der Waals surface area contributed by atoms with Crippen LogP contribution >= 0.6 is 0 Å². The SMILES string of the molecule is COC(C)(C)C(Cc1ccc(C(F)(F)F)cc1)NN. The van der Waals surface area contributed by atoms with Crippen LogP contribution in [0.1, 0.15) is 25.0 Å². The standard InChI is InChI=1S/C13H19F3N2O/c1-12(2,19-3)11(18-17)8-9-4-6-10(7-5-9)13(14,15)16/h4-7,11,18H,8,17H2,1-3H3. The lowest BCUT2D eigenvalue weighted by Crippen LogP contribution is -2.52. The topological polar surface area (TPSA) is 47.3 Å². The fourth-order valence-electron chi connectivity index (χ4n) is 1.71. The van der Waals surface area contributed by atoms with Crippen molar-refractivity contribution in [1.82, 2.24) is 5.43 Å². The molecule has 0 aliphatic carbocycles. The van der Waals surface area contributed by atoms with Crippen molar-refractivity contribution in [2.75, 3.05) is 7.11 Å². The second kappa shape index (κ2) is 5.90. The number of methoxy groups -OCH3 is 1. The first kappa shape index (κ1) is 15.9. The van der Waals surface area contributed by atoms with Crippen molar-refractivity contribution in [3.63, 3.8) is 0 Å². The fourth-order valence-corrected chi connectivity index (χ4v) is 1.71. The molecule has 0 saturated carbocycles. The Bertz CT molecular complexity index is 401. The number of hydrogen-bond donors (Lipinski definition) is 2. The summed E-state index contributed by atoms with van der Waals surface area (Å²) in [6, 6.07) is 4.86. The third-order valence-electron chi connectivity index (χ3n) is 3.29. The minimum absolute atomic E-state index is 0.200. The monoisotopic (exact) mass is 276 g/mol. The Morgan fingerprint density at radius 1 is 1.21 bits per heavy atom. The zero-order chi connectivity index (χ0) is 14.7. The Balaban J connectivity index is 2.82. The van der Waals surface area contributed by atoms with Gasteiger partial charge in [0.15, 0.2) is 0 Å². The smallest absolute Gasteiger partial charge is 0.377 e. The van der Waals surface area contributed by atoms with Crippen LogP contribution in [0.2, 0.25) is 0 Å². The zero-order valence-corrected chi connectivity index (χ0v) is 11.2. The maximum atomic E-state index is 12.4. The summed E-state index contributed by atoms with van der Waals surface area (Å²) >= 11 is 0. The van der Waals surface area contributed by atoms with Crippen molar-refractivity contribution in [2.24, 2.45) is 5.84 Å². The Labute approximate surface area is 110 Å². The first-order valence-corrected chi connectivity index (χ1v) is 5.88. The highest BCUT2D eigenvalue weighted by molar-refractivity contribution is 5.25. The van der Waals surface area contributed by atoms with E-state index in [0.29, 0.717) is 6.42 Å². The lowest BCUT2D eigenvalue weighted by molar-refractivity contribution is -0.137. The lowest BCUT2D eigenvalue weighted by atomic mass is 9.92. The van der Waals surface area contributed by atoms with Crippen LogP contribution < -0.4 is 11.3 Å². The van der Waals surface area contributed by atoms with Crippen LogP contribution in [0.25, 0.3) is 0 Å². The lowest BCUT2D eigenvalue weighted by Gasteiger charge is -2.32. The first-order chi connectivity index (χ1) is 8.70. The number of rotatable bonds is 5. The highest BCUT2D eigenvalue weighted by atomic mass is 19.4. The highest BCUT2D eigenvalue weighted by Gasteiger charge is 2.31. The van der Waals surface area contributed by atoms with Crippen molar-refractivity contribution in [1.29, 1.82) is 0 Å². The molecule has 0 heterocycles. The van der Waals surface area contributed by atoms with Crippen molar-refractivity contribution >= 4 is 0 Å². The minimum Gasteiger partial charge on any atom is -0.377 e. The summed E-state index contributed by atoms with van der Waals surface area (Å²) < 4.78 is 42.6. The Hall–Kier alpha value is -1.11. The van der Waals surface area contributed by atoms with Crippen molar-refractivity contribution < 1.29 is 17.9 Å². The second-order valence-corrected chi connectivity index (χ2v) is 4.93. The molecule has 108 valence electrons. The van der Waals surface area contributed by atoms with E-state index < -0.39 is 17.3 Å². The van der Waals surface area contributed by atoms with Gasteiger partial charge in [-0.25, -0.2) is 0 Å². The third-order valence-corrected chi connectivity index (χ3v) is 3.29. The molecule has 1 unspecified atom stereocenters. The van der Waals surface area contributed by atoms with Gasteiger partial charge >= 0.3 is 6.18 Å². The predicted molar refractivity (Wildman–Crippen MR) is 67.3 cm³/mol. The molecule has 1 atom stereocenters. The molecule has 0 amide bonds. The number of hydrazine groups is 1. The van der Waals surface area contributed by atoms with Crippen LogP contribution in [0.3, 0.4) is 0 Å². The molecule has 0 bridgehead atoms. The van der Waals surface area contributed by atoms with Gasteiger partial charge in [0.25, 0.3) is 0 Å². The number of benzene rings is 1. The molecule has 1 aromatic rings. The summed E-state index contributed by atoms with van der Waals surface area (Å²) in [7, 11) is 1.57. The summed E-state index contributed by atoms with van der Waals surface area (Å²) in [6.45, 7) is 3.73. The maximum Gasteiger partial charge on any atom is 0.416 e. The van der Waals surface area contributed by atoms with Gasteiger partial charge < -0.3 is 4.74 Å². The zero-order valence-electron chi connectivity index (χ0n) is 11.2. The third kappa shape index (κ3) is 4.19. The van der Waals surface area contributed by atoms with Gasteiger partial charge in [-0.05, 0) is 38.0 Å². The minimum atomic E-state index is -4.31. The van der Waals surface area contributed by atoms with E-state index in [1.54, 1.807) is 7.11 Å². The van der Waals surface area contributed by atoms with E-state index in [9.17, 15) is 13.2 Å². The van der Waals surface area contributed by atoms with Gasteiger partial charge in [0.2, 0.25) is 0 Å². The second-order valence-electron chi connectivity index (χ2n) is 4.93. The van der Waals surface area contributed by atoms with Crippen LogP contribution in [0.4, 0.5) is 13.2 Å². The normalized spacial score (nSPS) is 14.5. The van der Waals surface area contributed by atoms with Crippen LogP contribution in [0.5, 0.6) is 0 Å². The average Bonchev–Trinajstić information content (AvgIpc) is 2.35. The van der Waals surface area contributed by atoms with E-state index in [1.807, 2.05) is 13.8 Å². The van der Waals surface area contributed by atoms with Crippen LogP contribution in [-0.2, 0) is 17.3 Å². The van der Waals surface area contributed by atoms with Crippen LogP contribution in [0, 0.1) is 0 Å². The van der Waals surface area contributed by atoms with Crippen molar-refractivity contribution in [2.45, 2.75) is 38.1 Å². The van der Waals surface area contributed by atoms with E-state index in [4.69, 9.17) is 10.6 Å². The van der Waals surface area contributed by atoms with Crippen LogP contribution in [0.15, 0.2) is 24.3 Å². The van der Waals surface area contributed by atoms with Crippen molar-refractivity contribution in [3.05, 3.63) is 35.4 Å². The summed E-state index contributed by atoms with van der Waals surface area (Å²) in [5.74, 6) is 5.47. The Morgan fingerprint density at radius 3 is 2.11 bits per heavy atom. The van der Waals surface area contributed by atoms with E-state index in [-0.39, 0.29) is 6.04 Å². The molecule has 1 aromatic carbocycles. The summed E-state index contributed by atoms with van der Waals surface area (Å²) in [5.41, 5.74) is 2.23. The van der Waals surface area contributed by atoms with E-state index >= 15 is 0 Å². The van der Waals surface area contributed by atoms with Gasteiger partial charge in [-0.3, -0.25) is 11.3 Å². The first-order valence-electron chi connectivity index (χ1n) is 5.88. The summed E-state index contributed by atoms with van der Waals surface area (Å²) in [5, 5.41) is 0. The van der Waals surface area contributed by atoms with Gasteiger partial charge in [0.05, 0.1) is 17.2 Å². The summed E-state index contributed by atoms with van der Waals surface area (Å²) in [4.78, 5) is 0. The maximum absolute atomic E-state index is 12.4. The number of ether oxygens (including phenoxy) is 1.